The molecule has 0 amide bonds. The van der Waals surface area contributed by atoms with Crippen molar-refractivity contribution in [3.8, 4) is 0 Å². The third kappa shape index (κ3) is 4.64. The molecule has 0 bridgehead atoms. The molecule has 0 atom stereocenters. The average molecular weight is 321 g/mol. The highest BCUT2D eigenvalue weighted by Gasteiger charge is 2.31. The molecule has 2 rings (SSSR count). The van der Waals surface area contributed by atoms with Gasteiger partial charge in [0.1, 0.15) is 5.66 Å². The van der Waals surface area contributed by atoms with Gasteiger partial charge in [-0.2, -0.15) is 0 Å². The molecule has 0 saturated carbocycles. The molecule has 0 unspecified atom stereocenters. The second-order valence-corrected chi connectivity index (χ2v) is 5.51. The molecule has 0 radical (unpaired) electrons. The first-order valence-electron chi connectivity index (χ1n) is 5.24. The summed E-state index contributed by atoms with van der Waals surface area (Å²) in [6, 6.07) is 17.7. The Hall–Kier alpha value is -0.830. The zero-order valence-corrected chi connectivity index (χ0v) is 12.4. The van der Waals surface area contributed by atoms with E-state index in [-0.39, 0.29) is 24.8 Å². The van der Waals surface area contributed by atoms with Gasteiger partial charge in [0.2, 0.25) is 0 Å². The van der Waals surface area contributed by atoms with Gasteiger partial charge in [-0.3, -0.25) is 4.57 Å². The van der Waals surface area contributed by atoms with Gasteiger partial charge in [0, 0.05) is 0 Å². The molecule has 2 N–H and O–H groups in total. The van der Waals surface area contributed by atoms with Crippen LogP contribution in [0.3, 0.4) is 0 Å². The second-order valence-electron chi connectivity index (χ2n) is 3.81. The highest BCUT2D eigenvalue weighted by Crippen LogP contribution is 2.55. The largest absolute Gasteiger partial charge is 0.337 e. The Bertz CT molecular complexity index is 489. The van der Waals surface area contributed by atoms with Crippen LogP contribution in [0.2, 0.25) is 0 Å². The topological polar surface area (TPSA) is 57.5 Å². The van der Waals surface area contributed by atoms with Crippen LogP contribution in [0.1, 0.15) is 16.8 Å². The summed E-state index contributed by atoms with van der Waals surface area (Å²) >= 11 is 0. The van der Waals surface area contributed by atoms with Crippen LogP contribution < -0.4 is 0 Å². The van der Waals surface area contributed by atoms with Gasteiger partial charge in [-0.25, -0.2) is 0 Å². The minimum absolute atomic E-state index is 0. The van der Waals surface area contributed by atoms with E-state index in [4.69, 9.17) is 0 Å². The molecule has 0 aliphatic carbocycles. The first-order chi connectivity index (χ1) is 8.09. The van der Waals surface area contributed by atoms with Gasteiger partial charge in [-0.1, -0.05) is 60.7 Å². The van der Waals surface area contributed by atoms with Crippen molar-refractivity contribution in [2.75, 3.05) is 0 Å². The van der Waals surface area contributed by atoms with Crippen LogP contribution in [0.4, 0.5) is 0 Å². The van der Waals surface area contributed by atoms with Crippen molar-refractivity contribution in [2.45, 2.75) is 5.66 Å². The van der Waals surface area contributed by atoms with Crippen LogP contribution in [0.15, 0.2) is 60.7 Å². The fourth-order valence-electron chi connectivity index (χ4n) is 1.85. The highest BCUT2D eigenvalue weighted by molar-refractivity contribution is 7.52. The van der Waals surface area contributed by atoms with E-state index < -0.39 is 13.3 Å². The van der Waals surface area contributed by atoms with Gasteiger partial charge in [-0.15, -0.1) is 24.8 Å². The third-order valence-electron chi connectivity index (χ3n) is 2.57. The zero-order chi connectivity index (χ0) is 12.3. The fraction of sp³-hybridized carbons (Fsp3) is 0.0769. The van der Waals surface area contributed by atoms with E-state index in [1.165, 1.54) is 0 Å². The maximum atomic E-state index is 11.6. The number of rotatable bonds is 3. The molecule has 0 fully saturated rings. The Morgan fingerprint density at radius 3 is 1.32 bits per heavy atom. The molecule has 104 valence electrons. The van der Waals surface area contributed by atoms with Crippen molar-refractivity contribution in [3.63, 3.8) is 0 Å². The first kappa shape index (κ1) is 18.2. The summed E-state index contributed by atoms with van der Waals surface area (Å²) in [5.41, 5.74) is 0.379. The minimum atomic E-state index is -4.22. The molecule has 19 heavy (non-hydrogen) atoms. The molecule has 0 aliphatic heterocycles. The maximum absolute atomic E-state index is 11.6. The summed E-state index contributed by atoms with van der Waals surface area (Å²) < 4.78 is 11.6. The molecule has 0 spiro atoms. The Morgan fingerprint density at radius 2 is 1.05 bits per heavy atom. The van der Waals surface area contributed by atoms with Crippen molar-refractivity contribution >= 4 is 32.4 Å². The van der Waals surface area contributed by atoms with Crippen LogP contribution in [-0.2, 0) is 4.57 Å². The third-order valence-corrected chi connectivity index (χ3v) is 3.84. The van der Waals surface area contributed by atoms with Gasteiger partial charge in [-0.05, 0) is 11.1 Å². The van der Waals surface area contributed by atoms with E-state index >= 15 is 0 Å². The molecule has 0 aliphatic rings. The molecule has 3 nitrogen and oxygen atoms in total. The Kier molecular flexibility index (Phi) is 7.35. The molecule has 2 aromatic carbocycles. The highest BCUT2D eigenvalue weighted by atomic mass is 35.5. The number of hydrogen-bond donors (Lipinski definition) is 2. The lowest BCUT2D eigenvalue weighted by Gasteiger charge is -2.19. The summed E-state index contributed by atoms with van der Waals surface area (Å²) in [6.45, 7) is 0. The summed E-state index contributed by atoms with van der Waals surface area (Å²) in [6.07, 6.45) is 0. The number of benzene rings is 2. The Labute approximate surface area is 124 Å². The van der Waals surface area contributed by atoms with Crippen LogP contribution in [-0.4, -0.2) is 9.79 Å². The summed E-state index contributed by atoms with van der Waals surface area (Å²) in [5, 5.41) is 0. The SMILES string of the molecule is Cl.Cl.O=P(O)(O)C(c1ccccc1)c1ccccc1. The zero-order valence-electron chi connectivity index (χ0n) is 9.92. The normalized spacial score (nSPS) is 10.5. The quantitative estimate of drug-likeness (QED) is 0.846. The number of hydrogen-bond acceptors (Lipinski definition) is 1. The monoisotopic (exact) mass is 320 g/mol. The smallest absolute Gasteiger partial charge is 0.324 e. The lowest BCUT2D eigenvalue weighted by molar-refractivity contribution is 0.364. The van der Waals surface area contributed by atoms with Gasteiger partial charge in [0.25, 0.3) is 0 Å². The minimum Gasteiger partial charge on any atom is -0.324 e. The molecule has 0 saturated heterocycles. The summed E-state index contributed by atoms with van der Waals surface area (Å²) in [5.74, 6) is 0. The van der Waals surface area contributed by atoms with Crippen molar-refractivity contribution in [1.29, 1.82) is 0 Å². The van der Waals surface area contributed by atoms with E-state index in [1.807, 2.05) is 12.1 Å². The van der Waals surface area contributed by atoms with E-state index in [0.29, 0.717) is 11.1 Å². The molecular weight excluding hydrogens is 306 g/mol. The fourth-order valence-corrected chi connectivity index (χ4v) is 2.97. The maximum Gasteiger partial charge on any atom is 0.337 e. The van der Waals surface area contributed by atoms with Crippen LogP contribution in [0, 0.1) is 0 Å². The lowest BCUT2D eigenvalue weighted by atomic mass is 10.0. The van der Waals surface area contributed by atoms with Gasteiger partial charge in [0.05, 0.1) is 0 Å². The van der Waals surface area contributed by atoms with Crippen molar-refractivity contribution in [1.82, 2.24) is 0 Å². The van der Waals surface area contributed by atoms with E-state index in [2.05, 4.69) is 0 Å². The number of halogens is 2. The van der Waals surface area contributed by atoms with Crippen molar-refractivity contribution in [3.05, 3.63) is 71.8 Å². The Balaban J connectivity index is 0.00000162. The summed E-state index contributed by atoms with van der Waals surface area (Å²) in [4.78, 5) is 19.0. The average Bonchev–Trinajstić information content (AvgIpc) is 2.30. The van der Waals surface area contributed by atoms with Crippen LogP contribution in [0.5, 0.6) is 0 Å². The van der Waals surface area contributed by atoms with Crippen molar-refractivity contribution in [2.24, 2.45) is 0 Å². The van der Waals surface area contributed by atoms with Gasteiger partial charge in [0.15, 0.2) is 0 Å². The molecule has 2 aromatic rings. The first-order valence-corrected chi connectivity index (χ1v) is 6.92. The standard InChI is InChI=1S/C13H13O3P.2ClH/c14-17(15,16)13(11-7-3-1-4-8-11)12-9-5-2-6-10-12;;/h1-10,13H,(H2,14,15,16);2*1H. The predicted octanol–water partition coefficient (Wildman–Crippen LogP) is 3.80. The summed E-state index contributed by atoms with van der Waals surface area (Å²) in [7, 11) is -4.22. The molecule has 0 aromatic heterocycles. The van der Waals surface area contributed by atoms with Gasteiger partial charge < -0.3 is 9.79 Å². The van der Waals surface area contributed by atoms with Crippen LogP contribution in [0.25, 0.3) is 0 Å². The molecule has 6 heteroatoms. The predicted molar refractivity (Wildman–Crippen MR) is 81.3 cm³/mol. The molecular formula is C13H15Cl2O3P. The van der Waals surface area contributed by atoms with E-state index in [9.17, 15) is 14.4 Å². The second kappa shape index (κ2) is 7.68. The molecule has 0 heterocycles. The van der Waals surface area contributed by atoms with Gasteiger partial charge >= 0.3 is 7.60 Å². The Morgan fingerprint density at radius 1 is 0.737 bits per heavy atom. The lowest BCUT2D eigenvalue weighted by Crippen LogP contribution is -2.01. The van der Waals surface area contributed by atoms with Crippen LogP contribution >= 0.6 is 32.4 Å². The van der Waals surface area contributed by atoms with E-state index in [1.54, 1.807) is 48.5 Å². The van der Waals surface area contributed by atoms with E-state index in [0.717, 1.165) is 0 Å². The van der Waals surface area contributed by atoms with Crippen molar-refractivity contribution < 1.29 is 14.4 Å².